The zero-order valence-corrected chi connectivity index (χ0v) is 14.4. The summed E-state index contributed by atoms with van der Waals surface area (Å²) in [6.07, 6.45) is 0. The predicted molar refractivity (Wildman–Crippen MR) is 81.6 cm³/mol. The molecule has 2 rings (SSSR count). The molecular weight excluding hydrogens is 389 g/mol. The van der Waals surface area contributed by atoms with Crippen LogP contribution in [0, 0.1) is 0 Å². The smallest absolute Gasteiger partial charge is 0.294 e. The van der Waals surface area contributed by atoms with Crippen LogP contribution >= 0.6 is 38.2 Å². The van der Waals surface area contributed by atoms with Gasteiger partial charge in [0.15, 0.2) is 5.82 Å². The molecule has 0 unspecified atom stereocenters. The van der Waals surface area contributed by atoms with E-state index < -0.39 is 9.05 Å². The average Bonchev–Trinajstić information content (AvgIpc) is 2.72. The van der Waals surface area contributed by atoms with Crippen molar-refractivity contribution in [3.8, 4) is 11.4 Å². The molecule has 0 radical (unpaired) electrons. The van der Waals surface area contributed by atoms with Gasteiger partial charge in [0.2, 0.25) is 0 Å². The van der Waals surface area contributed by atoms with E-state index in [1.165, 1.54) is 4.57 Å². The maximum Gasteiger partial charge on any atom is 0.296 e. The van der Waals surface area contributed by atoms with Gasteiger partial charge in [-0.2, -0.15) is 0 Å². The Morgan fingerprint density at radius 3 is 2.45 bits per heavy atom. The van der Waals surface area contributed by atoms with Crippen LogP contribution in [-0.4, -0.2) is 23.2 Å². The molecule has 1 aromatic heterocycles. The molecule has 9 heteroatoms. The number of benzene rings is 1. The largest absolute Gasteiger partial charge is 0.296 e. The summed E-state index contributed by atoms with van der Waals surface area (Å²) in [4.78, 5) is 0. The molecule has 0 N–H and O–H groups in total. The second-order valence-electron chi connectivity index (χ2n) is 4.33. The van der Waals surface area contributed by atoms with E-state index in [0.717, 1.165) is 4.47 Å². The Morgan fingerprint density at radius 1 is 1.30 bits per heavy atom. The molecule has 0 amide bonds. The lowest BCUT2D eigenvalue weighted by atomic mass is 10.2. The summed E-state index contributed by atoms with van der Waals surface area (Å²) in [7, 11) is 1.40. The van der Waals surface area contributed by atoms with E-state index in [-0.39, 0.29) is 11.2 Å². The van der Waals surface area contributed by atoms with Gasteiger partial charge in [-0.15, -0.1) is 10.2 Å². The summed E-state index contributed by atoms with van der Waals surface area (Å²) in [5.41, 5.74) is 0.586. The van der Waals surface area contributed by atoms with Crippen LogP contribution in [0.2, 0.25) is 5.02 Å². The molecule has 5 nitrogen and oxygen atoms in total. The molecule has 0 fully saturated rings. The standard InChI is InChI=1S/C11H10BrCl2N3O2S/c1-6(2)17-10(15-16-11(17)20(14,18)19)8-4-3-7(12)5-9(8)13/h3-6H,1-2H3. The summed E-state index contributed by atoms with van der Waals surface area (Å²) in [6.45, 7) is 3.62. The molecule has 0 saturated heterocycles. The SMILES string of the molecule is CC(C)n1c(-c2ccc(Br)cc2Cl)nnc1S(=O)(=O)Cl. The summed E-state index contributed by atoms with van der Waals surface area (Å²) in [6, 6.07) is 5.03. The third-order valence-corrected chi connectivity index (χ3v) is 4.51. The summed E-state index contributed by atoms with van der Waals surface area (Å²) in [5.74, 6) is 0.358. The van der Waals surface area contributed by atoms with Crippen LogP contribution in [0.3, 0.4) is 0 Å². The lowest BCUT2D eigenvalue weighted by Gasteiger charge is -2.13. The molecule has 0 aliphatic carbocycles. The first kappa shape index (κ1) is 15.8. The number of nitrogens with zero attached hydrogens (tertiary/aromatic N) is 3. The molecule has 0 aliphatic heterocycles. The van der Waals surface area contributed by atoms with Crippen LogP contribution in [0.5, 0.6) is 0 Å². The fourth-order valence-electron chi connectivity index (χ4n) is 1.76. The Hall–Kier alpha value is -0.630. The topological polar surface area (TPSA) is 64.8 Å². The van der Waals surface area contributed by atoms with Crippen molar-refractivity contribution in [3.63, 3.8) is 0 Å². The van der Waals surface area contributed by atoms with Crippen LogP contribution in [0.15, 0.2) is 27.8 Å². The molecule has 0 atom stereocenters. The quantitative estimate of drug-likeness (QED) is 0.736. The van der Waals surface area contributed by atoms with Gasteiger partial charge < -0.3 is 0 Å². The van der Waals surface area contributed by atoms with Crippen LogP contribution < -0.4 is 0 Å². The van der Waals surface area contributed by atoms with Crippen molar-refractivity contribution in [3.05, 3.63) is 27.7 Å². The minimum Gasteiger partial charge on any atom is -0.294 e. The van der Waals surface area contributed by atoms with Crippen molar-refractivity contribution >= 4 is 47.3 Å². The minimum atomic E-state index is -3.98. The van der Waals surface area contributed by atoms with Gasteiger partial charge in [-0.1, -0.05) is 27.5 Å². The molecule has 0 spiro atoms. The van der Waals surface area contributed by atoms with Crippen molar-refractivity contribution in [2.45, 2.75) is 25.0 Å². The highest BCUT2D eigenvalue weighted by molar-refractivity contribution is 9.10. The highest BCUT2D eigenvalue weighted by atomic mass is 79.9. The zero-order chi connectivity index (χ0) is 15.1. The fraction of sp³-hybridized carbons (Fsp3) is 0.273. The summed E-state index contributed by atoms with van der Waals surface area (Å²) < 4.78 is 25.3. The van der Waals surface area contributed by atoms with Crippen molar-refractivity contribution in [2.24, 2.45) is 0 Å². The molecule has 0 saturated carbocycles. The number of halogens is 3. The maximum atomic E-state index is 11.5. The molecule has 0 bridgehead atoms. The first-order chi connectivity index (χ1) is 9.21. The van der Waals surface area contributed by atoms with Gasteiger partial charge in [0.1, 0.15) is 0 Å². The zero-order valence-electron chi connectivity index (χ0n) is 10.5. The van der Waals surface area contributed by atoms with Crippen molar-refractivity contribution < 1.29 is 8.42 Å². The van der Waals surface area contributed by atoms with Gasteiger partial charge in [-0.05, 0) is 32.0 Å². The second kappa shape index (κ2) is 5.63. The van der Waals surface area contributed by atoms with Crippen molar-refractivity contribution in [2.75, 3.05) is 0 Å². The molecule has 2 aromatic rings. The van der Waals surface area contributed by atoms with E-state index >= 15 is 0 Å². The third-order valence-electron chi connectivity index (χ3n) is 2.57. The molecule has 1 heterocycles. The van der Waals surface area contributed by atoms with Crippen molar-refractivity contribution in [1.29, 1.82) is 0 Å². The highest BCUT2D eigenvalue weighted by Gasteiger charge is 2.25. The summed E-state index contributed by atoms with van der Waals surface area (Å²) in [5, 5.41) is 7.73. The Labute approximate surface area is 134 Å². The molecular formula is C11H10BrCl2N3O2S. The van der Waals surface area contributed by atoms with Crippen LogP contribution in [0.25, 0.3) is 11.4 Å². The number of rotatable bonds is 3. The summed E-state index contributed by atoms with van der Waals surface area (Å²) >= 11 is 9.48. The predicted octanol–water partition coefficient (Wildman–Crippen LogP) is 3.87. The minimum absolute atomic E-state index is 0.191. The first-order valence-corrected chi connectivity index (χ1v) is 9.05. The molecule has 108 valence electrons. The number of hydrogen-bond donors (Lipinski definition) is 0. The normalized spacial score (nSPS) is 12.1. The van der Waals surface area contributed by atoms with E-state index in [9.17, 15) is 8.42 Å². The Kier molecular flexibility index (Phi) is 4.44. The van der Waals surface area contributed by atoms with E-state index in [1.54, 1.807) is 18.2 Å². The van der Waals surface area contributed by atoms with Crippen LogP contribution in [0.1, 0.15) is 19.9 Å². The molecule has 1 aromatic carbocycles. The van der Waals surface area contributed by atoms with Crippen LogP contribution in [-0.2, 0) is 9.05 Å². The van der Waals surface area contributed by atoms with Gasteiger partial charge in [-0.3, -0.25) is 4.57 Å². The van der Waals surface area contributed by atoms with E-state index in [0.29, 0.717) is 16.4 Å². The lowest BCUT2D eigenvalue weighted by molar-refractivity contribution is 0.530. The Morgan fingerprint density at radius 2 is 1.95 bits per heavy atom. The highest BCUT2D eigenvalue weighted by Crippen LogP contribution is 2.32. The second-order valence-corrected chi connectivity index (χ2v) is 8.11. The van der Waals surface area contributed by atoms with E-state index in [4.69, 9.17) is 22.3 Å². The van der Waals surface area contributed by atoms with Gasteiger partial charge in [-0.25, -0.2) is 8.42 Å². The number of hydrogen-bond acceptors (Lipinski definition) is 4. The van der Waals surface area contributed by atoms with Gasteiger partial charge in [0, 0.05) is 26.8 Å². The Balaban J connectivity index is 2.73. The van der Waals surface area contributed by atoms with E-state index in [1.807, 2.05) is 13.8 Å². The first-order valence-electron chi connectivity index (χ1n) is 5.57. The van der Waals surface area contributed by atoms with Crippen molar-refractivity contribution in [1.82, 2.24) is 14.8 Å². The average molecular weight is 399 g/mol. The fourth-order valence-corrected chi connectivity index (χ4v) is 3.51. The molecule has 20 heavy (non-hydrogen) atoms. The maximum absolute atomic E-state index is 11.5. The van der Waals surface area contributed by atoms with E-state index in [2.05, 4.69) is 26.1 Å². The lowest BCUT2D eigenvalue weighted by Crippen LogP contribution is -2.10. The third kappa shape index (κ3) is 3.00. The van der Waals surface area contributed by atoms with Gasteiger partial charge >= 0.3 is 0 Å². The molecule has 0 aliphatic rings. The van der Waals surface area contributed by atoms with Gasteiger partial charge in [0.05, 0.1) is 5.02 Å². The van der Waals surface area contributed by atoms with Crippen LogP contribution in [0.4, 0.5) is 0 Å². The number of aromatic nitrogens is 3. The monoisotopic (exact) mass is 397 g/mol. The Bertz CT molecular complexity index is 759. The van der Waals surface area contributed by atoms with Gasteiger partial charge in [0.25, 0.3) is 14.2 Å².